The molecule has 0 aliphatic carbocycles. The maximum atomic E-state index is 8.49. The summed E-state index contributed by atoms with van der Waals surface area (Å²) in [6.45, 7) is 37.8. The number of rotatable bonds is 40. The number of epoxide rings is 4. The Morgan fingerprint density at radius 2 is 0.682 bits per heavy atom. The van der Waals surface area contributed by atoms with E-state index in [9.17, 15) is 0 Å². The van der Waals surface area contributed by atoms with Crippen molar-refractivity contribution in [1.82, 2.24) is 0 Å². The van der Waals surface area contributed by atoms with Crippen molar-refractivity contribution < 1.29 is 89.7 Å². The molecule has 0 spiro atoms. The van der Waals surface area contributed by atoms with Gasteiger partial charge in [-0.1, -0.05) is 88.4 Å². The third kappa shape index (κ3) is 22.2. The van der Waals surface area contributed by atoms with E-state index in [4.69, 9.17) is 71.2 Å². The predicted molar refractivity (Wildman–Crippen MR) is 328 cm³/mol. The van der Waals surface area contributed by atoms with E-state index in [1.807, 2.05) is 53.7 Å². The summed E-state index contributed by atoms with van der Waals surface area (Å²) in [7, 11) is -5.51. The Balaban J connectivity index is 0.000000288. The van der Waals surface area contributed by atoms with Crippen molar-refractivity contribution in [1.29, 1.82) is 0 Å². The van der Waals surface area contributed by atoms with Gasteiger partial charge in [-0.15, -0.1) is 13.2 Å². The zero-order valence-corrected chi connectivity index (χ0v) is 56.5. The molecule has 0 amide bonds. The van der Waals surface area contributed by atoms with Crippen molar-refractivity contribution in [3.05, 3.63) is 143 Å². The molecule has 19 heteroatoms. The standard InChI is InChI=1S/C39H64O10Si2.C27H32O4.2O.Pt/c1-9-44-50(45-10-2,46-11-3)23-15-17-31-25-33(19-21-37(31)42-29-35-27-40-35)39(7,8)34-20-22-38(43-30-36-28-41-36)32(26-34)18-16-24-51(47-12-4,48-13-5)49-14-6;1-5-7-19-13-21(9-11-25(19)30-17-23-15-28-23)27(3,4)22-10-12-26(20(14-22)8-6-2)31-18-24-16-29-24;;;/h19-22,25-26,35-36H,9-18,23-24,27-30H2,1-8H3;5-6,9-14,23-24H,1-2,7-8,15-18H2,3-4H3;;;. The summed E-state index contributed by atoms with van der Waals surface area (Å²) in [5.41, 5.74) is 9.09. The van der Waals surface area contributed by atoms with Gasteiger partial charge in [0.15, 0.2) is 0 Å². The summed E-state index contributed by atoms with van der Waals surface area (Å²) in [6.07, 6.45) is 9.57. The molecule has 4 heterocycles. The quantitative estimate of drug-likeness (QED) is 0.0233. The molecule has 0 N–H and O–H groups in total. The van der Waals surface area contributed by atoms with Gasteiger partial charge in [0.25, 0.3) is 0 Å². The van der Waals surface area contributed by atoms with Crippen LogP contribution in [-0.4, -0.2) is 135 Å². The molecule has 0 aromatic heterocycles. The van der Waals surface area contributed by atoms with Crippen LogP contribution in [0.25, 0.3) is 0 Å². The van der Waals surface area contributed by atoms with Crippen molar-refractivity contribution >= 4 is 17.6 Å². The first-order valence-electron chi connectivity index (χ1n) is 30.5. The molecule has 4 aliphatic rings. The van der Waals surface area contributed by atoms with Gasteiger partial charge in [0.05, 0.1) is 26.4 Å². The van der Waals surface area contributed by atoms with E-state index >= 15 is 0 Å². The van der Waals surface area contributed by atoms with E-state index < -0.39 is 36.1 Å². The van der Waals surface area contributed by atoms with Crippen LogP contribution < -0.4 is 18.9 Å². The monoisotopic (exact) mass is 1400 g/mol. The second-order valence-electron chi connectivity index (χ2n) is 22.3. The van der Waals surface area contributed by atoms with E-state index in [1.54, 1.807) is 0 Å². The van der Waals surface area contributed by atoms with Crippen molar-refractivity contribution in [2.45, 2.75) is 155 Å². The van der Waals surface area contributed by atoms with Crippen LogP contribution in [0.4, 0.5) is 0 Å². The van der Waals surface area contributed by atoms with Gasteiger partial charge in [0.2, 0.25) is 0 Å². The number of hydrogen-bond donors (Lipinski definition) is 0. The SMILES string of the molecule is C=CCc1cc(C(C)(C)c2ccc(OCC3CO3)c(CC=C)c2)ccc1OCC1CO1.CCO[Si](CCCc1cc(C(C)(C)c2ccc(OCC3CO3)c(CCC[Si](OCC)(OCC)OCC)c2)ccc1OCC1CO1)(OCC)OCC.[O]=[Pt]=[O]. The van der Waals surface area contributed by atoms with E-state index in [0.717, 1.165) is 111 Å². The molecule has 8 rings (SSSR count). The third-order valence-corrected chi connectivity index (χ3v) is 21.5. The second-order valence-corrected chi connectivity index (χ2v) is 28.2. The topological polar surface area (TPSA) is 177 Å². The maximum absolute atomic E-state index is 8.49. The molecule has 16 nitrogen and oxygen atoms in total. The molecule has 0 radical (unpaired) electrons. The fourth-order valence-electron chi connectivity index (χ4n) is 10.2. The van der Waals surface area contributed by atoms with Gasteiger partial charge in [-0.05, 0) is 149 Å². The van der Waals surface area contributed by atoms with Gasteiger partial charge in [-0.2, -0.15) is 0 Å². The van der Waals surface area contributed by atoms with Gasteiger partial charge in [0.1, 0.15) is 73.8 Å². The summed E-state index contributed by atoms with van der Waals surface area (Å²) >= 11 is -1.92. The normalized spacial score (nSPS) is 17.9. The summed E-state index contributed by atoms with van der Waals surface area (Å²) < 4.78 is 99.9. The Kier molecular flexibility index (Phi) is 29.0. The average Bonchev–Trinajstić information content (AvgIpc) is 3.21. The third-order valence-electron chi connectivity index (χ3n) is 15.2. The van der Waals surface area contributed by atoms with Crippen molar-refractivity contribution in [2.24, 2.45) is 0 Å². The van der Waals surface area contributed by atoms with E-state index in [0.29, 0.717) is 66.1 Å². The summed E-state index contributed by atoms with van der Waals surface area (Å²) in [6, 6.07) is 27.8. The predicted octanol–water partition coefficient (Wildman–Crippen LogP) is 12.3. The van der Waals surface area contributed by atoms with Crippen molar-refractivity contribution in [2.75, 3.05) is 92.5 Å². The fourth-order valence-corrected chi connectivity index (χ4v) is 15.4. The Labute approximate surface area is 517 Å². The van der Waals surface area contributed by atoms with E-state index in [2.05, 4.69) is 114 Å². The van der Waals surface area contributed by atoms with Gasteiger partial charge in [0, 0.05) is 62.6 Å². The Morgan fingerprint density at radius 1 is 0.447 bits per heavy atom. The van der Waals surface area contributed by atoms with Gasteiger partial charge in [-0.25, -0.2) is 0 Å². The van der Waals surface area contributed by atoms with Crippen molar-refractivity contribution in [3.63, 3.8) is 0 Å². The van der Waals surface area contributed by atoms with Crippen LogP contribution in [0.3, 0.4) is 0 Å². The minimum absolute atomic E-state index is 0.178. The molecule has 0 saturated carbocycles. The van der Waals surface area contributed by atoms with Gasteiger partial charge < -0.3 is 64.5 Å². The van der Waals surface area contributed by atoms with E-state index in [1.165, 1.54) is 33.4 Å². The number of benzene rings is 4. The summed E-state index contributed by atoms with van der Waals surface area (Å²) in [4.78, 5) is 0. The zero-order valence-electron chi connectivity index (χ0n) is 52.2. The number of hydrogen-bond acceptors (Lipinski definition) is 16. The molecule has 4 unspecified atom stereocenters. The van der Waals surface area contributed by atoms with Crippen LogP contribution in [0, 0.1) is 0 Å². The van der Waals surface area contributed by atoms with Gasteiger partial charge in [-0.3, -0.25) is 0 Å². The number of aryl methyl sites for hydroxylation is 2. The molecule has 4 fully saturated rings. The fraction of sp³-hybridized carbons (Fsp3) is 0.576. The summed E-state index contributed by atoms with van der Waals surface area (Å²) in [5.74, 6) is 3.62. The molecule has 4 atom stereocenters. The number of allylic oxidation sites excluding steroid dienone is 2. The second kappa shape index (κ2) is 35.2. The first-order valence-corrected chi connectivity index (χ1v) is 36.2. The van der Waals surface area contributed by atoms with Crippen LogP contribution in [-0.2, 0) is 107 Å². The Bertz CT molecular complexity index is 2510. The summed E-state index contributed by atoms with van der Waals surface area (Å²) in [5, 5.41) is 0. The zero-order chi connectivity index (χ0) is 61.3. The molecule has 0 bridgehead atoms. The van der Waals surface area contributed by atoms with Crippen LogP contribution in [0.2, 0.25) is 12.1 Å². The Hall–Kier alpha value is -4.12. The van der Waals surface area contributed by atoms with Crippen LogP contribution in [0.15, 0.2) is 98.1 Å². The molecule has 85 heavy (non-hydrogen) atoms. The molecular formula is C66H96O16PtSi2. The molecule has 474 valence electrons. The van der Waals surface area contributed by atoms with E-state index in [-0.39, 0.29) is 35.2 Å². The molecule has 4 aliphatic heterocycles. The molecular weight excluding hydrogens is 1300 g/mol. The number of ether oxygens (including phenoxy) is 8. The molecule has 4 saturated heterocycles. The molecule has 4 aromatic carbocycles. The first kappa shape index (κ1) is 70.0. The first-order chi connectivity index (χ1) is 41.1. The Morgan fingerprint density at radius 3 is 0.906 bits per heavy atom. The molecule has 4 aromatic rings. The minimum atomic E-state index is -2.76. The van der Waals surface area contributed by atoms with Gasteiger partial charge >= 0.3 is 42.9 Å². The average molecular weight is 1400 g/mol. The van der Waals surface area contributed by atoms with Crippen LogP contribution >= 0.6 is 0 Å². The van der Waals surface area contributed by atoms with Crippen molar-refractivity contribution in [3.8, 4) is 23.0 Å². The van der Waals surface area contributed by atoms with Crippen LogP contribution in [0.1, 0.15) is 127 Å². The van der Waals surface area contributed by atoms with Crippen LogP contribution in [0.5, 0.6) is 23.0 Å².